The van der Waals surface area contributed by atoms with Crippen molar-refractivity contribution in [3.8, 4) is 0 Å². The molecule has 0 aromatic heterocycles. The van der Waals surface area contributed by atoms with Crippen LogP contribution in [0.1, 0.15) is 6.42 Å². The van der Waals surface area contributed by atoms with E-state index >= 15 is 0 Å². The number of esters is 1. The molecule has 1 rings (SSSR count). The zero-order valence-corrected chi connectivity index (χ0v) is 7.28. The number of carbonyl (C=O) groups excluding carboxylic acids is 2. The maximum Gasteiger partial charge on any atom is 0.407 e. The van der Waals surface area contributed by atoms with Gasteiger partial charge in [0.05, 0.1) is 7.11 Å². The Morgan fingerprint density at radius 1 is 1.85 bits per heavy atom. The van der Waals surface area contributed by atoms with Crippen LogP contribution in [0.4, 0.5) is 4.79 Å². The van der Waals surface area contributed by atoms with Gasteiger partial charge in [0.1, 0.15) is 12.1 Å². The molecule has 0 unspecified atom stereocenters. The van der Waals surface area contributed by atoms with Crippen LogP contribution in [-0.4, -0.2) is 31.3 Å². The molecule has 0 bridgehead atoms. The van der Waals surface area contributed by atoms with Gasteiger partial charge in [-0.25, -0.2) is 9.59 Å². The number of ether oxygens (including phenoxy) is 2. The number of methoxy groups -OCH3 is 1. The van der Waals surface area contributed by atoms with Crippen molar-refractivity contribution in [3.05, 3.63) is 12.7 Å². The standard InChI is InChI=1S/C8H11NO4/c1-3-5-4-6(7(10)13-5)9-8(11)12-2/h3,5-6H,1,4H2,2H3,(H,9,11)/t5-,6-/m1/s1. The summed E-state index contributed by atoms with van der Waals surface area (Å²) >= 11 is 0. The smallest absolute Gasteiger partial charge is 0.407 e. The topological polar surface area (TPSA) is 64.6 Å². The van der Waals surface area contributed by atoms with Crippen LogP contribution in [0.25, 0.3) is 0 Å². The molecular formula is C8H11NO4. The number of carbonyl (C=O) groups is 2. The second-order valence-corrected chi connectivity index (χ2v) is 2.64. The van der Waals surface area contributed by atoms with E-state index < -0.39 is 18.1 Å². The number of cyclic esters (lactones) is 1. The molecule has 13 heavy (non-hydrogen) atoms. The fourth-order valence-electron chi connectivity index (χ4n) is 1.07. The molecule has 72 valence electrons. The third kappa shape index (κ3) is 2.21. The molecule has 1 N–H and O–H groups in total. The van der Waals surface area contributed by atoms with Gasteiger partial charge < -0.3 is 14.8 Å². The minimum absolute atomic E-state index is 0.311. The lowest BCUT2D eigenvalue weighted by atomic mass is 10.2. The van der Waals surface area contributed by atoms with Crippen LogP contribution in [0.5, 0.6) is 0 Å². The summed E-state index contributed by atoms with van der Waals surface area (Å²) in [5, 5.41) is 2.36. The Balaban J connectivity index is 2.48. The first-order valence-electron chi connectivity index (χ1n) is 3.85. The van der Waals surface area contributed by atoms with E-state index in [0.29, 0.717) is 6.42 Å². The molecule has 0 aromatic carbocycles. The van der Waals surface area contributed by atoms with E-state index in [1.807, 2.05) is 0 Å². The predicted molar refractivity (Wildman–Crippen MR) is 44.0 cm³/mol. The Labute approximate surface area is 75.7 Å². The van der Waals surface area contributed by atoms with Gasteiger partial charge in [-0.05, 0) is 0 Å². The summed E-state index contributed by atoms with van der Waals surface area (Å²) < 4.78 is 9.19. The average molecular weight is 185 g/mol. The van der Waals surface area contributed by atoms with Crippen LogP contribution in [0.2, 0.25) is 0 Å². The summed E-state index contributed by atoms with van der Waals surface area (Å²) in [4.78, 5) is 21.8. The van der Waals surface area contributed by atoms with Crippen molar-refractivity contribution in [2.24, 2.45) is 0 Å². The number of nitrogens with one attached hydrogen (secondary N) is 1. The normalized spacial score (nSPS) is 26.4. The van der Waals surface area contributed by atoms with E-state index in [9.17, 15) is 9.59 Å². The number of alkyl carbamates (subject to hydrolysis) is 1. The van der Waals surface area contributed by atoms with Crippen molar-refractivity contribution in [1.82, 2.24) is 5.32 Å². The van der Waals surface area contributed by atoms with Crippen molar-refractivity contribution in [1.29, 1.82) is 0 Å². The SMILES string of the molecule is C=C[C@@H]1C[C@@H](NC(=O)OC)C(=O)O1. The van der Waals surface area contributed by atoms with Gasteiger partial charge in [-0.3, -0.25) is 0 Å². The van der Waals surface area contributed by atoms with Crippen molar-refractivity contribution < 1.29 is 19.1 Å². The third-order valence-corrected chi connectivity index (χ3v) is 1.76. The molecule has 5 nitrogen and oxygen atoms in total. The van der Waals surface area contributed by atoms with E-state index in [2.05, 4.69) is 16.6 Å². The zero-order chi connectivity index (χ0) is 9.84. The van der Waals surface area contributed by atoms with Gasteiger partial charge in [0.25, 0.3) is 0 Å². The van der Waals surface area contributed by atoms with E-state index in [-0.39, 0.29) is 6.10 Å². The highest BCUT2D eigenvalue weighted by atomic mass is 16.6. The summed E-state index contributed by atoms with van der Waals surface area (Å²) in [6, 6.07) is -0.615. The average Bonchev–Trinajstić information content (AvgIpc) is 2.47. The Morgan fingerprint density at radius 3 is 3.00 bits per heavy atom. The highest BCUT2D eigenvalue weighted by molar-refractivity contribution is 5.83. The molecule has 0 radical (unpaired) electrons. The summed E-state index contributed by atoms with van der Waals surface area (Å²) in [6.45, 7) is 3.49. The third-order valence-electron chi connectivity index (χ3n) is 1.76. The van der Waals surface area contributed by atoms with Gasteiger partial charge in [0.2, 0.25) is 0 Å². The molecule has 2 atom stereocenters. The first-order valence-corrected chi connectivity index (χ1v) is 3.85. The van der Waals surface area contributed by atoms with Crippen LogP contribution < -0.4 is 5.32 Å². The van der Waals surface area contributed by atoms with Crippen LogP contribution in [0.15, 0.2) is 12.7 Å². The first kappa shape index (κ1) is 9.57. The van der Waals surface area contributed by atoms with Crippen LogP contribution in [-0.2, 0) is 14.3 Å². The lowest BCUT2D eigenvalue weighted by Crippen LogP contribution is -2.37. The van der Waals surface area contributed by atoms with Gasteiger partial charge >= 0.3 is 12.1 Å². The van der Waals surface area contributed by atoms with Gasteiger partial charge in [-0.2, -0.15) is 0 Å². The molecule has 1 heterocycles. The van der Waals surface area contributed by atoms with Crippen molar-refractivity contribution in [2.45, 2.75) is 18.6 Å². The van der Waals surface area contributed by atoms with Crippen molar-refractivity contribution in [2.75, 3.05) is 7.11 Å². The zero-order valence-electron chi connectivity index (χ0n) is 7.28. The number of hydrogen-bond donors (Lipinski definition) is 1. The lowest BCUT2D eigenvalue weighted by Gasteiger charge is -2.05. The van der Waals surface area contributed by atoms with Crippen molar-refractivity contribution >= 4 is 12.1 Å². The molecular weight excluding hydrogens is 174 g/mol. The fraction of sp³-hybridized carbons (Fsp3) is 0.500. The van der Waals surface area contributed by atoms with Crippen LogP contribution in [0.3, 0.4) is 0 Å². The Bertz CT molecular complexity index is 238. The molecule has 1 aliphatic rings. The second kappa shape index (κ2) is 3.93. The summed E-state index contributed by atoms with van der Waals surface area (Å²) in [6.07, 6.45) is 0.996. The van der Waals surface area contributed by atoms with Crippen LogP contribution in [0, 0.1) is 0 Å². The molecule has 0 aliphatic carbocycles. The second-order valence-electron chi connectivity index (χ2n) is 2.64. The first-order chi connectivity index (χ1) is 6.17. The number of hydrogen-bond acceptors (Lipinski definition) is 4. The predicted octanol–water partition coefficient (Wildman–Crippen LogP) is 0.212. The van der Waals surface area contributed by atoms with Gasteiger partial charge in [0.15, 0.2) is 0 Å². The fourth-order valence-corrected chi connectivity index (χ4v) is 1.07. The van der Waals surface area contributed by atoms with E-state index in [4.69, 9.17) is 4.74 Å². The Hall–Kier alpha value is -1.52. The van der Waals surface area contributed by atoms with Crippen molar-refractivity contribution in [3.63, 3.8) is 0 Å². The van der Waals surface area contributed by atoms with Crippen LogP contribution >= 0.6 is 0 Å². The molecule has 0 saturated carbocycles. The molecule has 5 heteroatoms. The molecule has 1 amide bonds. The van der Waals surface area contributed by atoms with Gasteiger partial charge in [-0.15, -0.1) is 0 Å². The largest absolute Gasteiger partial charge is 0.457 e. The van der Waals surface area contributed by atoms with E-state index in [0.717, 1.165) is 0 Å². The molecule has 1 fully saturated rings. The highest BCUT2D eigenvalue weighted by Gasteiger charge is 2.33. The van der Waals surface area contributed by atoms with E-state index in [1.165, 1.54) is 13.2 Å². The molecule has 1 aliphatic heterocycles. The Morgan fingerprint density at radius 2 is 2.54 bits per heavy atom. The maximum atomic E-state index is 11.1. The number of rotatable bonds is 2. The lowest BCUT2D eigenvalue weighted by molar-refractivity contribution is -0.141. The van der Waals surface area contributed by atoms with E-state index in [1.54, 1.807) is 0 Å². The quantitative estimate of drug-likeness (QED) is 0.493. The summed E-state index contributed by atoms with van der Waals surface area (Å²) in [5.41, 5.74) is 0. The minimum Gasteiger partial charge on any atom is -0.457 e. The van der Waals surface area contributed by atoms with Gasteiger partial charge in [-0.1, -0.05) is 12.7 Å². The minimum atomic E-state index is -0.633. The monoisotopic (exact) mass is 185 g/mol. The maximum absolute atomic E-state index is 11.1. The summed E-state index contributed by atoms with van der Waals surface area (Å²) in [7, 11) is 1.24. The molecule has 1 saturated heterocycles. The molecule has 0 spiro atoms. The summed E-state index contributed by atoms with van der Waals surface area (Å²) in [5.74, 6) is -0.449. The van der Waals surface area contributed by atoms with Gasteiger partial charge in [0, 0.05) is 6.42 Å². The number of amides is 1. The Kier molecular flexibility index (Phi) is 2.89. The highest BCUT2D eigenvalue weighted by Crippen LogP contribution is 2.15. The molecule has 0 aromatic rings.